The Balaban J connectivity index is 1.90. The summed E-state index contributed by atoms with van der Waals surface area (Å²) >= 11 is 0. The Morgan fingerprint density at radius 3 is 3.13 bits per heavy atom. The van der Waals surface area contributed by atoms with Crippen molar-refractivity contribution in [1.82, 2.24) is 5.01 Å². The molecule has 2 fully saturated rings. The lowest BCUT2D eigenvalue weighted by Crippen LogP contribution is -2.30. The van der Waals surface area contributed by atoms with Crippen molar-refractivity contribution in [2.45, 2.75) is 38.1 Å². The van der Waals surface area contributed by atoms with E-state index >= 15 is 0 Å². The van der Waals surface area contributed by atoms with Crippen LogP contribution >= 0.6 is 0 Å². The van der Waals surface area contributed by atoms with E-state index in [0.717, 1.165) is 32.1 Å². The standard InChI is InChI=1S/C11H20N2O2/c1-14-9-10-5-4-7-13(10)12-11-6-2-3-8-15-11/h10H,2-9H2,1H3/b12-11-/t10-/m0/s1. The first-order valence-corrected chi connectivity index (χ1v) is 5.86. The highest BCUT2D eigenvalue weighted by molar-refractivity contribution is 5.76. The van der Waals surface area contributed by atoms with Crippen molar-refractivity contribution in [3.05, 3.63) is 0 Å². The quantitative estimate of drug-likeness (QED) is 0.712. The maximum absolute atomic E-state index is 5.53. The van der Waals surface area contributed by atoms with Gasteiger partial charge in [-0.2, -0.15) is 0 Å². The number of hydrogen-bond acceptors (Lipinski definition) is 4. The fourth-order valence-corrected chi connectivity index (χ4v) is 2.18. The van der Waals surface area contributed by atoms with Crippen LogP contribution in [0.5, 0.6) is 0 Å². The molecule has 2 rings (SSSR count). The van der Waals surface area contributed by atoms with Gasteiger partial charge in [0.2, 0.25) is 5.90 Å². The van der Waals surface area contributed by atoms with E-state index < -0.39 is 0 Å². The largest absolute Gasteiger partial charge is 0.480 e. The summed E-state index contributed by atoms with van der Waals surface area (Å²) < 4.78 is 10.7. The fraction of sp³-hybridized carbons (Fsp3) is 0.909. The number of rotatable bonds is 3. The third kappa shape index (κ3) is 2.84. The van der Waals surface area contributed by atoms with Crippen LogP contribution in [0.1, 0.15) is 32.1 Å². The molecule has 86 valence electrons. The van der Waals surface area contributed by atoms with Crippen LogP contribution in [0.3, 0.4) is 0 Å². The van der Waals surface area contributed by atoms with Crippen molar-refractivity contribution in [2.75, 3.05) is 26.9 Å². The number of ether oxygens (including phenoxy) is 2. The van der Waals surface area contributed by atoms with Gasteiger partial charge in [-0.1, -0.05) is 0 Å². The lowest BCUT2D eigenvalue weighted by Gasteiger charge is -2.23. The summed E-state index contributed by atoms with van der Waals surface area (Å²) in [6, 6.07) is 0.452. The first kappa shape index (κ1) is 10.7. The van der Waals surface area contributed by atoms with Crippen LogP contribution in [0.25, 0.3) is 0 Å². The van der Waals surface area contributed by atoms with Gasteiger partial charge in [0, 0.05) is 20.1 Å². The predicted octanol–water partition coefficient (Wildman–Crippen LogP) is 1.61. The van der Waals surface area contributed by atoms with Crippen molar-refractivity contribution < 1.29 is 9.47 Å². The molecule has 1 atom stereocenters. The third-order valence-corrected chi connectivity index (χ3v) is 3.00. The van der Waals surface area contributed by atoms with Gasteiger partial charge in [-0.25, -0.2) is 0 Å². The summed E-state index contributed by atoms with van der Waals surface area (Å²) in [5.74, 6) is 0.921. The van der Waals surface area contributed by atoms with Crippen LogP contribution in [-0.2, 0) is 9.47 Å². The lowest BCUT2D eigenvalue weighted by molar-refractivity contribution is 0.113. The Morgan fingerprint density at radius 2 is 2.40 bits per heavy atom. The molecular weight excluding hydrogens is 192 g/mol. The monoisotopic (exact) mass is 212 g/mol. The molecule has 2 aliphatic heterocycles. The zero-order valence-electron chi connectivity index (χ0n) is 9.45. The predicted molar refractivity (Wildman–Crippen MR) is 58.8 cm³/mol. The highest BCUT2D eigenvalue weighted by Crippen LogP contribution is 2.19. The van der Waals surface area contributed by atoms with E-state index in [1.54, 1.807) is 7.11 Å². The highest BCUT2D eigenvalue weighted by atomic mass is 16.5. The second kappa shape index (κ2) is 5.35. The van der Waals surface area contributed by atoms with E-state index in [9.17, 15) is 0 Å². The summed E-state index contributed by atoms with van der Waals surface area (Å²) in [7, 11) is 1.75. The molecule has 0 spiro atoms. The molecule has 2 saturated heterocycles. The molecule has 15 heavy (non-hydrogen) atoms. The van der Waals surface area contributed by atoms with Gasteiger partial charge in [-0.05, 0) is 25.7 Å². The second-order valence-electron chi connectivity index (χ2n) is 4.21. The van der Waals surface area contributed by atoms with Gasteiger partial charge in [0.25, 0.3) is 0 Å². The molecule has 2 heterocycles. The fourth-order valence-electron chi connectivity index (χ4n) is 2.18. The summed E-state index contributed by atoms with van der Waals surface area (Å²) in [6.45, 7) is 2.65. The average molecular weight is 212 g/mol. The van der Waals surface area contributed by atoms with Gasteiger partial charge in [-0.15, -0.1) is 5.10 Å². The summed E-state index contributed by atoms with van der Waals surface area (Å²) in [5.41, 5.74) is 0. The normalized spacial score (nSPS) is 29.5. The van der Waals surface area contributed by atoms with Gasteiger partial charge in [0.05, 0.1) is 19.3 Å². The second-order valence-corrected chi connectivity index (χ2v) is 4.21. The van der Waals surface area contributed by atoms with E-state index in [-0.39, 0.29) is 0 Å². The molecule has 0 aromatic heterocycles. The summed E-state index contributed by atoms with van der Waals surface area (Å²) in [6.07, 6.45) is 5.77. The van der Waals surface area contributed by atoms with Crippen LogP contribution in [0.15, 0.2) is 5.10 Å². The van der Waals surface area contributed by atoms with Gasteiger partial charge in [0.1, 0.15) is 0 Å². The summed E-state index contributed by atoms with van der Waals surface area (Å²) in [4.78, 5) is 0. The molecule has 0 N–H and O–H groups in total. The number of methoxy groups -OCH3 is 1. The minimum atomic E-state index is 0.452. The minimum Gasteiger partial charge on any atom is -0.480 e. The molecule has 0 bridgehead atoms. The SMILES string of the molecule is COC[C@@H]1CCCN1/N=C1/CCCCO1. The molecule has 4 heteroatoms. The molecule has 0 amide bonds. The van der Waals surface area contributed by atoms with Gasteiger partial charge in [0.15, 0.2) is 0 Å². The van der Waals surface area contributed by atoms with E-state index in [0.29, 0.717) is 6.04 Å². The average Bonchev–Trinajstić information content (AvgIpc) is 2.68. The first-order valence-electron chi connectivity index (χ1n) is 5.86. The Morgan fingerprint density at radius 1 is 1.47 bits per heavy atom. The van der Waals surface area contributed by atoms with Gasteiger partial charge in [-0.3, -0.25) is 5.01 Å². The molecular formula is C11H20N2O2. The van der Waals surface area contributed by atoms with E-state index in [4.69, 9.17) is 9.47 Å². The lowest BCUT2D eigenvalue weighted by atomic mass is 10.2. The van der Waals surface area contributed by atoms with Gasteiger partial charge < -0.3 is 9.47 Å². The Kier molecular flexibility index (Phi) is 3.83. The Labute approximate surface area is 91.2 Å². The molecule has 0 radical (unpaired) electrons. The van der Waals surface area contributed by atoms with Crippen molar-refractivity contribution in [3.63, 3.8) is 0 Å². The van der Waals surface area contributed by atoms with Gasteiger partial charge >= 0.3 is 0 Å². The third-order valence-electron chi connectivity index (χ3n) is 3.00. The zero-order chi connectivity index (χ0) is 10.5. The van der Waals surface area contributed by atoms with Crippen LogP contribution in [0.2, 0.25) is 0 Å². The van der Waals surface area contributed by atoms with Crippen LogP contribution in [0, 0.1) is 0 Å². The Bertz CT molecular complexity index is 223. The maximum atomic E-state index is 5.53. The van der Waals surface area contributed by atoms with Crippen LogP contribution < -0.4 is 0 Å². The van der Waals surface area contributed by atoms with E-state index in [2.05, 4.69) is 10.1 Å². The molecule has 0 aromatic rings. The zero-order valence-corrected chi connectivity index (χ0v) is 9.45. The number of hydrazone groups is 1. The van der Waals surface area contributed by atoms with Crippen molar-refractivity contribution in [3.8, 4) is 0 Å². The van der Waals surface area contributed by atoms with Crippen LogP contribution in [-0.4, -0.2) is 43.8 Å². The van der Waals surface area contributed by atoms with Crippen LogP contribution in [0.4, 0.5) is 0 Å². The summed E-state index contributed by atoms with van der Waals surface area (Å²) in [5, 5.41) is 6.73. The molecule has 2 aliphatic rings. The van der Waals surface area contributed by atoms with Crippen molar-refractivity contribution in [1.29, 1.82) is 0 Å². The number of nitrogens with zero attached hydrogens (tertiary/aromatic N) is 2. The van der Waals surface area contributed by atoms with E-state index in [1.165, 1.54) is 25.7 Å². The molecule has 0 unspecified atom stereocenters. The molecule has 0 aliphatic carbocycles. The number of hydrogen-bond donors (Lipinski definition) is 0. The molecule has 0 saturated carbocycles. The highest BCUT2D eigenvalue weighted by Gasteiger charge is 2.24. The molecule has 0 aromatic carbocycles. The topological polar surface area (TPSA) is 34.1 Å². The van der Waals surface area contributed by atoms with E-state index in [1.807, 2.05) is 0 Å². The minimum absolute atomic E-state index is 0.452. The van der Waals surface area contributed by atoms with Crippen molar-refractivity contribution >= 4 is 5.90 Å². The van der Waals surface area contributed by atoms with Crippen molar-refractivity contribution in [2.24, 2.45) is 5.10 Å². The Hall–Kier alpha value is -0.770. The molecule has 4 nitrogen and oxygen atoms in total. The maximum Gasteiger partial charge on any atom is 0.205 e. The first-order chi connectivity index (χ1) is 7.40. The smallest absolute Gasteiger partial charge is 0.205 e.